The van der Waals surface area contributed by atoms with Crippen molar-refractivity contribution in [2.75, 3.05) is 38.2 Å². The number of carbonyl (C=O) groups excluding carboxylic acids is 1. The highest BCUT2D eigenvalue weighted by molar-refractivity contribution is 5.92. The van der Waals surface area contributed by atoms with Crippen LogP contribution < -0.4 is 5.01 Å². The van der Waals surface area contributed by atoms with Crippen LogP contribution in [0.4, 0.5) is 5.69 Å². The van der Waals surface area contributed by atoms with E-state index in [0.717, 1.165) is 31.9 Å². The SMILES string of the molecule is CCC(=O)N(c1cc[c]cc1)N1CCN(C)CC1. The first-order chi connectivity index (χ1) is 8.72. The van der Waals surface area contributed by atoms with Gasteiger partial charge in [-0.15, -0.1) is 0 Å². The molecule has 2 rings (SSSR count). The van der Waals surface area contributed by atoms with Gasteiger partial charge in [-0.2, -0.15) is 0 Å². The van der Waals surface area contributed by atoms with Crippen molar-refractivity contribution in [3.63, 3.8) is 0 Å². The average molecular weight is 246 g/mol. The summed E-state index contributed by atoms with van der Waals surface area (Å²) < 4.78 is 0. The summed E-state index contributed by atoms with van der Waals surface area (Å²) in [7, 11) is 2.11. The summed E-state index contributed by atoms with van der Waals surface area (Å²) in [5, 5.41) is 3.96. The quantitative estimate of drug-likeness (QED) is 0.806. The molecule has 1 aliphatic heterocycles. The van der Waals surface area contributed by atoms with Gasteiger partial charge in [0, 0.05) is 32.6 Å². The summed E-state index contributed by atoms with van der Waals surface area (Å²) in [5.74, 6) is 0.144. The fourth-order valence-corrected chi connectivity index (χ4v) is 2.13. The molecule has 1 radical (unpaired) electrons. The molecule has 4 heteroatoms. The van der Waals surface area contributed by atoms with Crippen molar-refractivity contribution in [2.45, 2.75) is 13.3 Å². The zero-order valence-electron chi connectivity index (χ0n) is 11.1. The summed E-state index contributed by atoms with van der Waals surface area (Å²) in [6.07, 6.45) is 0.519. The van der Waals surface area contributed by atoms with Crippen molar-refractivity contribution in [2.24, 2.45) is 0 Å². The summed E-state index contributed by atoms with van der Waals surface area (Å²) in [6.45, 7) is 5.67. The van der Waals surface area contributed by atoms with E-state index in [1.807, 2.05) is 36.2 Å². The van der Waals surface area contributed by atoms with E-state index in [1.54, 1.807) is 0 Å². The van der Waals surface area contributed by atoms with Crippen LogP contribution in [0, 0.1) is 6.07 Å². The van der Waals surface area contributed by atoms with Crippen molar-refractivity contribution in [1.29, 1.82) is 0 Å². The minimum atomic E-state index is 0.144. The number of benzene rings is 1. The predicted octanol–water partition coefficient (Wildman–Crippen LogP) is 1.39. The van der Waals surface area contributed by atoms with Gasteiger partial charge in [0.2, 0.25) is 5.91 Å². The van der Waals surface area contributed by atoms with Crippen LogP contribution in [0.2, 0.25) is 0 Å². The Hall–Kier alpha value is -1.39. The molecular weight excluding hydrogens is 226 g/mol. The highest BCUT2D eigenvalue weighted by Gasteiger charge is 2.24. The number of rotatable bonds is 3. The molecule has 0 aliphatic carbocycles. The Kier molecular flexibility index (Phi) is 4.33. The van der Waals surface area contributed by atoms with E-state index in [0.29, 0.717) is 6.42 Å². The van der Waals surface area contributed by atoms with Gasteiger partial charge >= 0.3 is 0 Å². The molecule has 97 valence electrons. The lowest BCUT2D eigenvalue weighted by molar-refractivity contribution is -0.121. The van der Waals surface area contributed by atoms with Crippen molar-refractivity contribution >= 4 is 11.6 Å². The molecule has 1 amide bonds. The first-order valence-electron chi connectivity index (χ1n) is 6.45. The molecular formula is C14H20N3O. The van der Waals surface area contributed by atoms with E-state index in [2.05, 4.69) is 23.0 Å². The molecule has 0 atom stereocenters. The zero-order valence-corrected chi connectivity index (χ0v) is 11.1. The number of hydrogen-bond donors (Lipinski definition) is 0. The van der Waals surface area contributed by atoms with Gasteiger partial charge in [0.1, 0.15) is 0 Å². The molecule has 18 heavy (non-hydrogen) atoms. The molecule has 0 unspecified atom stereocenters. The topological polar surface area (TPSA) is 26.8 Å². The van der Waals surface area contributed by atoms with Gasteiger partial charge in [-0.3, -0.25) is 4.79 Å². The van der Waals surface area contributed by atoms with E-state index in [1.165, 1.54) is 0 Å². The van der Waals surface area contributed by atoms with Gasteiger partial charge in [-0.05, 0) is 25.2 Å². The van der Waals surface area contributed by atoms with Crippen LogP contribution in [-0.4, -0.2) is 49.0 Å². The smallest absolute Gasteiger partial charge is 0.241 e. The maximum Gasteiger partial charge on any atom is 0.241 e. The molecule has 0 aromatic heterocycles. The third-order valence-electron chi connectivity index (χ3n) is 3.25. The highest BCUT2D eigenvalue weighted by atomic mass is 16.2. The monoisotopic (exact) mass is 246 g/mol. The molecule has 1 aliphatic rings. The standard InChI is InChI=1S/C14H20N3O/c1-3-14(18)17(13-7-5-4-6-8-13)16-11-9-15(2)10-12-16/h5-8H,3,9-12H2,1-2H3. The van der Waals surface area contributed by atoms with Crippen LogP contribution in [0.5, 0.6) is 0 Å². The van der Waals surface area contributed by atoms with Gasteiger partial charge in [0.05, 0.1) is 5.69 Å². The van der Waals surface area contributed by atoms with Gasteiger partial charge in [-0.25, -0.2) is 10.0 Å². The molecule has 1 aromatic carbocycles. The van der Waals surface area contributed by atoms with Gasteiger partial charge < -0.3 is 4.90 Å². The third kappa shape index (κ3) is 2.89. The van der Waals surface area contributed by atoms with Crippen molar-refractivity contribution in [1.82, 2.24) is 9.91 Å². The number of likely N-dealkylation sites (N-methyl/N-ethyl adjacent to an activating group) is 1. The Balaban J connectivity index is 2.18. The lowest BCUT2D eigenvalue weighted by Gasteiger charge is -2.39. The van der Waals surface area contributed by atoms with E-state index in [4.69, 9.17) is 0 Å². The van der Waals surface area contributed by atoms with Crippen LogP contribution in [0.1, 0.15) is 13.3 Å². The summed E-state index contributed by atoms with van der Waals surface area (Å²) >= 11 is 0. The largest absolute Gasteiger partial charge is 0.304 e. The fraction of sp³-hybridized carbons (Fsp3) is 0.500. The highest BCUT2D eigenvalue weighted by Crippen LogP contribution is 2.18. The number of amides is 1. The first kappa shape index (κ1) is 13.1. The molecule has 1 fully saturated rings. The number of piperazine rings is 1. The molecule has 1 heterocycles. The summed E-state index contributed by atoms with van der Waals surface area (Å²) in [4.78, 5) is 14.4. The number of nitrogens with zero attached hydrogens (tertiary/aromatic N) is 3. The summed E-state index contributed by atoms with van der Waals surface area (Å²) in [6, 6.07) is 10.6. The van der Waals surface area contributed by atoms with Crippen LogP contribution in [0.3, 0.4) is 0 Å². The van der Waals surface area contributed by atoms with Crippen molar-refractivity contribution < 1.29 is 4.79 Å². The molecule has 0 spiro atoms. The second kappa shape index (κ2) is 5.98. The van der Waals surface area contributed by atoms with Crippen LogP contribution in [0.25, 0.3) is 0 Å². The van der Waals surface area contributed by atoms with Gasteiger partial charge in [0.15, 0.2) is 0 Å². The molecule has 0 saturated carbocycles. The molecule has 4 nitrogen and oxygen atoms in total. The van der Waals surface area contributed by atoms with E-state index >= 15 is 0 Å². The molecule has 0 bridgehead atoms. The van der Waals surface area contributed by atoms with Gasteiger partial charge in [-0.1, -0.05) is 19.1 Å². The van der Waals surface area contributed by atoms with Crippen LogP contribution in [0.15, 0.2) is 24.3 Å². The lowest BCUT2D eigenvalue weighted by atomic mass is 10.3. The Labute approximate surface area is 109 Å². The average Bonchev–Trinajstić information content (AvgIpc) is 2.42. The second-order valence-electron chi connectivity index (χ2n) is 4.57. The Morgan fingerprint density at radius 3 is 2.44 bits per heavy atom. The maximum absolute atomic E-state index is 12.2. The Bertz CT molecular complexity index is 385. The van der Waals surface area contributed by atoms with Crippen molar-refractivity contribution in [3.8, 4) is 0 Å². The lowest BCUT2D eigenvalue weighted by Crippen LogP contribution is -2.55. The van der Waals surface area contributed by atoms with Crippen LogP contribution >= 0.6 is 0 Å². The maximum atomic E-state index is 12.2. The predicted molar refractivity (Wildman–Crippen MR) is 72.1 cm³/mol. The minimum Gasteiger partial charge on any atom is -0.304 e. The molecule has 0 N–H and O–H groups in total. The third-order valence-corrected chi connectivity index (χ3v) is 3.25. The van der Waals surface area contributed by atoms with Crippen LogP contribution in [-0.2, 0) is 4.79 Å². The second-order valence-corrected chi connectivity index (χ2v) is 4.57. The molecule has 1 saturated heterocycles. The van der Waals surface area contributed by atoms with Gasteiger partial charge in [0.25, 0.3) is 0 Å². The number of anilines is 1. The zero-order chi connectivity index (χ0) is 13.0. The van der Waals surface area contributed by atoms with E-state index in [-0.39, 0.29) is 5.91 Å². The van der Waals surface area contributed by atoms with E-state index < -0.39 is 0 Å². The first-order valence-corrected chi connectivity index (χ1v) is 6.45. The summed E-state index contributed by atoms with van der Waals surface area (Å²) in [5.41, 5.74) is 0.935. The number of hydrazine groups is 1. The fourth-order valence-electron chi connectivity index (χ4n) is 2.13. The number of hydrogen-bond acceptors (Lipinski definition) is 3. The Morgan fingerprint density at radius 1 is 1.28 bits per heavy atom. The van der Waals surface area contributed by atoms with E-state index in [9.17, 15) is 4.79 Å². The minimum absolute atomic E-state index is 0.144. The normalized spacial score (nSPS) is 17.7. The molecule has 1 aromatic rings. The Morgan fingerprint density at radius 2 is 1.89 bits per heavy atom. The number of carbonyl (C=O) groups is 1. The van der Waals surface area contributed by atoms with Crippen molar-refractivity contribution in [3.05, 3.63) is 30.3 Å².